The van der Waals surface area contributed by atoms with Crippen molar-refractivity contribution in [2.45, 2.75) is 13.3 Å². The number of thiophene rings is 1. The molecule has 0 aliphatic heterocycles. The number of nitrogens with zero attached hydrogens (tertiary/aromatic N) is 3. The average molecular weight is 246 g/mol. The van der Waals surface area contributed by atoms with Gasteiger partial charge in [-0.2, -0.15) is 0 Å². The van der Waals surface area contributed by atoms with Gasteiger partial charge in [-0.25, -0.2) is 0 Å². The molecule has 0 amide bonds. The standard InChI is InChI=1S/C7H8BrN3S/c1-5-4-6(8)7(12-5)2-3-10-11-9/h4H,2-3H2,1H3. The van der Waals surface area contributed by atoms with Crippen LogP contribution < -0.4 is 0 Å². The van der Waals surface area contributed by atoms with Crippen LogP contribution in [-0.2, 0) is 6.42 Å². The normalized spacial score (nSPS) is 9.50. The van der Waals surface area contributed by atoms with Gasteiger partial charge in [0.25, 0.3) is 0 Å². The van der Waals surface area contributed by atoms with Crippen molar-refractivity contribution in [3.8, 4) is 0 Å². The molecule has 0 radical (unpaired) electrons. The zero-order valence-corrected chi connectivity index (χ0v) is 9.02. The molecule has 3 nitrogen and oxygen atoms in total. The number of rotatable bonds is 3. The Labute approximate surface area is 83.2 Å². The molecule has 0 aromatic carbocycles. The van der Waals surface area contributed by atoms with Gasteiger partial charge in [0, 0.05) is 25.7 Å². The Morgan fingerprint density at radius 2 is 2.50 bits per heavy atom. The first kappa shape index (κ1) is 9.58. The first-order chi connectivity index (χ1) is 5.74. The molecule has 0 fully saturated rings. The molecule has 0 unspecified atom stereocenters. The number of aryl methyl sites for hydroxylation is 1. The molecule has 0 atom stereocenters. The summed E-state index contributed by atoms with van der Waals surface area (Å²) in [6.45, 7) is 2.60. The van der Waals surface area contributed by atoms with Crippen molar-refractivity contribution in [3.63, 3.8) is 0 Å². The maximum Gasteiger partial charge on any atom is 0.0317 e. The minimum atomic E-state index is 0.537. The lowest BCUT2D eigenvalue weighted by Crippen LogP contribution is -1.83. The third-order valence-corrected chi connectivity index (χ3v) is 3.46. The molecular weight excluding hydrogens is 238 g/mol. The smallest absolute Gasteiger partial charge is 0.0317 e. The van der Waals surface area contributed by atoms with Crippen LogP contribution in [0.15, 0.2) is 15.7 Å². The molecule has 0 aliphatic rings. The number of hydrogen-bond acceptors (Lipinski definition) is 2. The molecule has 12 heavy (non-hydrogen) atoms. The fourth-order valence-corrected chi connectivity index (χ4v) is 2.75. The van der Waals surface area contributed by atoms with E-state index in [2.05, 4.69) is 38.9 Å². The molecule has 0 N–H and O–H groups in total. The molecule has 5 heteroatoms. The van der Waals surface area contributed by atoms with E-state index >= 15 is 0 Å². The molecule has 0 saturated heterocycles. The maximum absolute atomic E-state index is 8.07. The lowest BCUT2D eigenvalue weighted by molar-refractivity contribution is 0.970. The molecule has 1 aromatic heterocycles. The monoisotopic (exact) mass is 245 g/mol. The largest absolute Gasteiger partial charge is 0.145 e. The summed E-state index contributed by atoms with van der Waals surface area (Å²) in [5, 5.41) is 3.48. The summed E-state index contributed by atoms with van der Waals surface area (Å²) in [5.41, 5.74) is 8.07. The second-order valence-electron chi connectivity index (χ2n) is 2.33. The van der Waals surface area contributed by atoms with Gasteiger partial charge in [0.1, 0.15) is 0 Å². The molecule has 0 aliphatic carbocycles. The fourth-order valence-electron chi connectivity index (χ4n) is 0.898. The zero-order chi connectivity index (χ0) is 8.97. The van der Waals surface area contributed by atoms with Crippen molar-refractivity contribution in [1.29, 1.82) is 0 Å². The van der Waals surface area contributed by atoms with E-state index < -0.39 is 0 Å². The van der Waals surface area contributed by atoms with Gasteiger partial charge in [-0.15, -0.1) is 11.3 Å². The Kier molecular flexibility index (Phi) is 3.59. The van der Waals surface area contributed by atoms with Gasteiger partial charge in [0.15, 0.2) is 0 Å². The maximum atomic E-state index is 8.07. The van der Waals surface area contributed by atoms with E-state index in [-0.39, 0.29) is 0 Å². The van der Waals surface area contributed by atoms with Gasteiger partial charge < -0.3 is 0 Å². The summed E-state index contributed by atoms with van der Waals surface area (Å²) in [7, 11) is 0. The Morgan fingerprint density at radius 1 is 1.75 bits per heavy atom. The summed E-state index contributed by atoms with van der Waals surface area (Å²) in [6.07, 6.45) is 0.823. The van der Waals surface area contributed by atoms with E-state index in [1.807, 2.05) is 0 Å². The number of azide groups is 1. The van der Waals surface area contributed by atoms with E-state index in [0.29, 0.717) is 6.54 Å². The van der Waals surface area contributed by atoms with Crippen LogP contribution in [0.1, 0.15) is 9.75 Å². The van der Waals surface area contributed by atoms with Crippen LogP contribution in [0.5, 0.6) is 0 Å². The van der Waals surface area contributed by atoms with Crippen molar-refractivity contribution in [2.24, 2.45) is 5.11 Å². The first-order valence-electron chi connectivity index (χ1n) is 3.49. The predicted octanol–water partition coefficient (Wildman–Crippen LogP) is 3.67. The Bertz CT molecular complexity index is 314. The highest BCUT2D eigenvalue weighted by Crippen LogP contribution is 2.26. The summed E-state index contributed by atoms with van der Waals surface area (Å²) in [6, 6.07) is 2.08. The van der Waals surface area contributed by atoms with E-state index in [0.717, 1.165) is 10.9 Å². The van der Waals surface area contributed by atoms with Crippen LogP contribution in [0, 0.1) is 6.92 Å². The molecule has 0 bridgehead atoms. The van der Waals surface area contributed by atoms with Crippen molar-refractivity contribution in [2.75, 3.05) is 6.54 Å². The Balaban J connectivity index is 2.62. The molecular formula is C7H8BrN3S. The minimum absolute atomic E-state index is 0.537. The van der Waals surface area contributed by atoms with Crippen LogP contribution in [0.25, 0.3) is 10.4 Å². The Hall–Kier alpha value is -0.510. The SMILES string of the molecule is Cc1cc(Br)c(CCN=[N+]=[N-])s1. The zero-order valence-electron chi connectivity index (χ0n) is 6.62. The summed E-state index contributed by atoms with van der Waals surface area (Å²) in [4.78, 5) is 5.23. The highest BCUT2D eigenvalue weighted by Gasteiger charge is 2.02. The van der Waals surface area contributed by atoms with Gasteiger partial charge in [-0.3, -0.25) is 0 Å². The molecule has 1 rings (SSSR count). The Morgan fingerprint density at radius 3 is 3.00 bits per heavy atom. The third kappa shape index (κ3) is 2.52. The summed E-state index contributed by atoms with van der Waals surface area (Å²) >= 11 is 5.18. The van der Waals surface area contributed by atoms with Crippen molar-refractivity contribution < 1.29 is 0 Å². The summed E-state index contributed by atoms with van der Waals surface area (Å²) in [5.74, 6) is 0. The van der Waals surface area contributed by atoms with Crippen molar-refractivity contribution in [3.05, 3.63) is 30.7 Å². The van der Waals surface area contributed by atoms with Gasteiger partial charge in [-0.1, -0.05) is 5.11 Å². The highest BCUT2D eigenvalue weighted by atomic mass is 79.9. The van der Waals surface area contributed by atoms with Gasteiger partial charge in [-0.05, 0) is 40.9 Å². The number of hydrogen-bond donors (Lipinski definition) is 0. The second-order valence-corrected chi connectivity index (χ2v) is 4.53. The van der Waals surface area contributed by atoms with Gasteiger partial charge in [0.2, 0.25) is 0 Å². The van der Waals surface area contributed by atoms with Crippen molar-refractivity contribution in [1.82, 2.24) is 0 Å². The van der Waals surface area contributed by atoms with E-state index in [4.69, 9.17) is 5.53 Å². The van der Waals surface area contributed by atoms with Crippen LogP contribution >= 0.6 is 27.3 Å². The topological polar surface area (TPSA) is 48.8 Å². The van der Waals surface area contributed by atoms with Gasteiger partial charge >= 0.3 is 0 Å². The lowest BCUT2D eigenvalue weighted by atomic mass is 10.3. The van der Waals surface area contributed by atoms with E-state index in [1.54, 1.807) is 11.3 Å². The molecule has 1 aromatic rings. The predicted molar refractivity (Wildman–Crippen MR) is 54.5 cm³/mol. The lowest BCUT2D eigenvalue weighted by Gasteiger charge is -1.91. The van der Waals surface area contributed by atoms with Crippen LogP contribution in [0.3, 0.4) is 0 Å². The number of halogens is 1. The third-order valence-electron chi connectivity index (χ3n) is 1.38. The first-order valence-corrected chi connectivity index (χ1v) is 5.10. The van der Waals surface area contributed by atoms with Crippen LogP contribution in [0.2, 0.25) is 0 Å². The summed E-state index contributed by atoms with van der Waals surface area (Å²) < 4.78 is 1.12. The average Bonchev–Trinajstić information content (AvgIpc) is 2.31. The van der Waals surface area contributed by atoms with Gasteiger partial charge in [0.05, 0.1) is 0 Å². The molecule has 1 heterocycles. The minimum Gasteiger partial charge on any atom is -0.145 e. The van der Waals surface area contributed by atoms with E-state index in [1.165, 1.54) is 9.75 Å². The van der Waals surface area contributed by atoms with E-state index in [9.17, 15) is 0 Å². The van der Waals surface area contributed by atoms with Crippen molar-refractivity contribution >= 4 is 27.3 Å². The molecule has 0 spiro atoms. The van der Waals surface area contributed by atoms with Crippen LogP contribution in [-0.4, -0.2) is 6.54 Å². The molecule has 64 valence electrons. The molecule has 0 saturated carbocycles. The second kappa shape index (κ2) is 4.50. The highest BCUT2D eigenvalue weighted by molar-refractivity contribution is 9.10. The fraction of sp³-hybridized carbons (Fsp3) is 0.429. The van der Waals surface area contributed by atoms with Crippen LogP contribution in [0.4, 0.5) is 0 Å². The quantitative estimate of drug-likeness (QED) is 0.444.